The minimum Gasteiger partial charge on any atom is -0.481 e. The number of aryl methyl sites for hydroxylation is 1. The van der Waals surface area contributed by atoms with Gasteiger partial charge in [0, 0.05) is 24.5 Å². The Morgan fingerprint density at radius 3 is 2.68 bits per heavy atom. The van der Waals surface area contributed by atoms with Gasteiger partial charge < -0.3 is 10.1 Å². The summed E-state index contributed by atoms with van der Waals surface area (Å²) in [6, 6.07) is 6.84. The van der Waals surface area contributed by atoms with E-state index >= 15 is 0 Å². The van der Waals surface area contributed by atoms with E-state index in [4.69, 9.17) is 4.74 Å². The van der Waals surface area contributed by atoms with Gasteiger partial charge in [-0.15, -0.1) is 0 Å². The van der Waals surface area contributed by atoms with E-state index in [9.17, 15) is 13.6 Å². The van der Waals surface area contributed by atoms with Crippen molar-refractivity contribution in [3.8, 4) is 5.75 Å². The largest absolute Gasteiger partial charge is 0.481 e. The van der Waals surface area contributed by atoms with E-state index in [2.05, 4.69) is 10.3 Å². The Morgan fingerprint density at radius 1 is 1.27 bits per heavy atom. The summed E-state index contributed by atoms with van der Waals surface area (Å²) in [4.78, 5) is 16.0. The number of aromatic nitrogens is 1. The molecule has 1 unspecified atom stereocenters. The molecule has 0 saturated heterocycles. The fourth-order valence-electron chi connectivity index (χ4n) is 1.74. The third-order valence-corrected chi connectivity index (χ3v) is 3.01. The number of hydrogen-bond acceptors (Lipinski definition) is 3. The first kappa shape index (κ1) is 15.9. The number of rotatable bonds is 5. The van der Waals surface area contributed by atoms with Crippen LogP contribution in [0.4, 0.5) is 8.78 Å². The highest BCUT2D eigenvalue weighted by Crippen LogP contribution is 2.16. The second-order valence-corrected chi connectivity index (χ2v) is 4.86. The number of nitrogens with one attached hydrogen (secondary N) is 1. The molecule has 0 saturated carbocycles. The average molecular weight is 306 g/mol. The highest BCUT2D eigenvalue weighted by molar-refractivity contribution is 5.80. The number of pyridine rings is 1. The Morgan fingerprint density at radius 2 is 2.05 bits per heavy atom. The topological polar surface area (TPSA) is 51.2 Å². The van der Waals surface area contributed by atoms with Gasteiger partial charge in [0.15, 0.2) is 17.7 Å². The van der Waals surface area contributed by atoms with Gasteiger partial charge in [0.25, 0.3) is 5.91 Å². The van der Waals surface area contributed by atoms with Gasteiger partial charge in [-0.2, -0.15) is 0 Å². The summed E-state index contributed by atoms with van der Waals surface area (Å²) in [7, 11) is 0. The molecule has 0 fully saturated rings. The summed E-state index contributed by atoms with van der Waals surface area (Å²) < 4.78 is 31.2. The lowest BCUT2D eigenvalue weighted by Crippen LogP contribution is -2.35. The van der Waals surface area contributed by atoms with Crippen LogP contribution >= 0.6 is 0 Å². The normalized spacial score (nSPS) is 11.8. The molecule has 1 atom stereocenters. The zero-order valence-corrected chi connectivity index (χ0v) is 12.3. The minimum absolute atomic E-state index is 0.0959. The molecular formula is C16H16F2N2O2. The summed E-state index contributed by atoms with van der Waals surface area (Å²) in [5, 5.41) is 2.69. The smallest absolute Gasteiger partial charge is 0.261 e. The van der Waals surface area contributed by atoms with Crippen molar-refractivity contribution in [1.29, 1.82) is 0 Å². The molecule has 2 rings (SSSR count). The lowest BCUT2D eigenvalue weighted by Gasteiger charge is -2.15. The Balaban J connectivity index is 1.88. The molecular weight excluding hydrogens is 290 g/mol. The van der Waals surface area contributed by atoms with Crippen molar-refractivity contribution in [2.75, 3.05) is 0 Å². The van der Waals surface area contributed by atoms with Crippen LogP contribution in [0.15, 0.2) is 36.5 Å². The summed E-state index contributed by atoms with van der Waals surface area (Å²) in [6.07, 6.45) is 0.847. The van der Waals surface area contributed by atoms with Crippen molar-refractivity contribution < 1.29 is 18.3 Å². The average Bonchev–Trinajstić information content (AvgIpc) is 2.50. The van der Waals surface area contributed by atoms with Crippen LogP contribution in [0.3, 0.4) is 0 Å². The van der Waals surface area contributed by atoms with Crippen molar-refractivity contribution in [3.63, 3.8) is 0 Å². The Kier molecular flexibility index (Phi) is 5.04. The van der Waals surface area contributed by atoms with Crippen LogP contribution < -0.4 is 10.1 Å². The van der Waals surface area contributed by atoms with E-state index < -0.39 is 17.7 Å². The summed E-state index contributed by atoms with van der Waals surface area (Å²) in [5.74, 6) is -2.24. The van der Waals surface area contributed by atoms with Gasteiger partial charge in [-0.05, 0) is 37.6 Å². The summed E-state index contributed by atoms with van der Waals surface area (Å²) in [5.41, 5.74) is 1.75. The van der Waals surface area contributed by atoms with Crippen LogP contribution in [0.5, 0.6) is 5.75 Å². The number of halogens is 2. The molecule has 1 amide bonds. The predicted octanol–water partition coefficient (Wildman–Crippen LogP) is 2.75. The molecule has 116 valence electrons. The Labute approximate surface area is 127 Å². The quantitative estimate of drug-likeness (QED) is 0.924. The van der Waals surface area contributed by atoms with Crippen LogP contribution in [-0.4, -0.2) is 17.0 Å². The van der Waals surface area contributed by atoms with Crippen LogP contribution in [0.25, 0.3) is 0 Å². The molecule has 1 heterocycles. The van der Waals surface area contributed by atoms with Crippen molar-refractivity contribution in [2.24, 2.45) is 0 Å². The zero-order chi connectivity index (χ0) is 16.1. The highest BCUT2D eigenvalue weighted by atomic mass is 19.2. The van der Waals surface area contributed by atoms with E-state index in [1.807, 2.05) is 19.1 Å². The second kappa shape index (κ2) is 6.98. The van der Waals surface area contributed by atoms with Crippen LogP contribution in [0.1, 0.15) is 18.2 Å². The first-order valence-electron chi connectivity index (χ1n) is 6.76. The second-order valence-electron chi connectivity index (χ2n) is 4.86. The molecule has 6 heteroatoms. The number of hydrogen-bond donors (Lipinski definition) is 1. The third kappa shape index (κ3) is 4.25. The van der Waals surface area contributed by atoms with Crippen LogP contribution in [0, 0.1) is 18.6 Å². The number of benzene rings is 1. The van der Waals surface area contributed by atoms with E-state index in [-0.39, 0.29) is 11.7 Å². The SMILES string of the molecule is Cc1ccc(CNC(=O)C(C)Oc2ccc(F)c(F)c2)cn1. The Bertz CT molecular complexity index is 660. The third-order valence-electron chi connectivity index (χ3n) is 3.01. The zero-order valence-electron chi connectivity index (χ0n) is 12.3. The van der Waals surface area contributed by atoms with Gasteiger partial charge >= 0.3 is 0 Å². The molecule has 0 aliphatic rings. The number of nitrogens with zero attached hydrogens (tertiary/aromatic N) is 1. The van der Waals surface area contributed by atoms with Gasteiger partial charge in [-0.25, -0.2) is 8.78 Å². The molecule has 0 aliphatic carbocycles. The Hall–Kier alpha value is -2.50. The van der Waals surface area contributed by atoms with Gasteiger partial charge in [0.05, 0.1) is 0 Å². The van der Waals surface area contributed by atoms with Crippen molar-refractivity contribution in [3.05, 3.63) is 59.4 Å². The predicted molar refractivity (Wildman–Crippen MR) is 77.3 cm³/mol. The molecule has 0 radical (unpaired) electrons. The molecule has 1 N–H and O–H groups in total. The van der Waals surface area contributed by atoms with Crippen LogP contribution in [0.2, 0.25) is 0 Å². The number of amides is 1. The van der Waals surface area contributed by atoms with Gasteiger partial charge in [-0.3, -0.25) is 9.78 Å². The van der Waals surface area contributed by atoms with E-state index in [0.717, 1.165) is 23.4 Å². The first-order valence-corrected chi connectivity index (χ1v) is 6.76. The number of carbonyl (C=O) groups is 1. The highest BCUT2D eigenvalue weighted by Gasteiger charge is 2.15. The molecule has 2 aromatic rings. The number of ether oxygens (including phenoxy) is 1. The van der Waals surface area contributed by atoms with E-state index in [1.54, 1.807) is 6.20 Å². The fraction of sp³-hybridized carbons (Fsp3) is 0.250. The fourth-order valence-corrected chi connectivity index (χ4v) is 1.74. The molecule has 0 spiro atoms. The minimum atomic E-state index is -1.02. The van der Waals surface area contributed by atoms with E-state index in [1.165, 1.54) is 13.0 Å². The van der Waals surface area contributed by atoms with Gasteiger partial charge in [0.1, 0.15) is 5.75 Å². The van der Waals surface area contributed by atoms with Gasteiger partial charge in [0.2, 0.25) is 0 Å². The van der Waals surface area contributed by atoms with Crippen molar-refractivity contribution in [2.45, 2.75) is 26.5 Å². The van der Waals surface area contributed by atoms with E-state index in [0.29, 0.717) is 6.54 Å². The van der Waals surface area contributed by atoms with Crippen LogP contribution in [-0.2, 0) is 11.3 Å². The summed E-state index contributed by atoms with van der Waals surface area (Å²) in [6.45, 7) is 3.72. The van der Waals surface area contributed by atoms with Gasteiger partial charge in [-0.1, -0.05) is 6.07 Å². The molecule has 4 nitrogen and oxygen atoms in total. The lowest BCUT2D eigenvalue weighted by atomic mass is 10.2. The maximum absolute atomic E-state index is 13.1. The maximum Gasteiger partial charge on any atom is 0.261 e. The molecule has 22 heavy (non-hydrogen) atoms. The molecule has 1 aromatic heterocycles. The molecule has 1 aromatic carbocycles. The first-order chi connectivity index (χ1) is 10.5. The summed E-state index contributed by atoms with van der Waals surface area (Å²) >= 11 is 0. The van der Waals surface area contributed by atoms with Crippen molar-refractivity contribution in [1.82, 2.24) is 10.3 Å². The molecule has 0 bridgehead atoms. The number of carbonyl (C=O) groups excluding carboxylic acids is 1. The molecule has 0 aliphatic heterocycles. The lowest BCUT2D eigenvalue weighted by molar-refractivity contribution is -0.127. The standard InChI is InChI=1S/C16H16F2N2O2/c1-10-3-4-12(8-19-10)9-20-16(21)11(2)22-13-5-6-14(17)15(18)7-13/h3-8,11H,9H2,1-2H3,(H,20,21). The maximum atomic E-state index is 13.1. The monoisotopic (exact) mass is 306 g/mol. The van der Waals surface area contributed by atoms with Crippen molar-refractivity contribution >= 4 is 5.91 Å².